The minimum absolute atomic E-state index is 0.0755. The van der Waals surface area contributed by atoms with Gasteiger partial charge in [-0.25, -0.2) is 4.31 Å². The number of fused-ring (bicyclic) bond motifs is 2. The summed E-state index contributed by atoms with van der Waals surface area (Å²) in [6.07, 6.45) is -0.930. The van der Waals surface area contributed by atoms with Crippen LogP contribution in [-0.4, -0.2) is 174 Å². The number of ether oxygens (including phenoxy) is 4. The number of aliphatic imine (C=N–C) groups is 1. The van der Waals surface area contributed by atoms with Crippen molar-refractivity contribution in [2.24, 2.45) is 4.99 Å². The molecular formula is C63H84F3N11O6S2. The Labute approximate surface area is 508 Å². The number of nitrogens with zero attached hydrogens (tertiary/aromatic N) is 6. The molecule has 0 radical (unpaired) electrons. The van der Waals surface area contributed by atoms with E-state index in [4.69, 9.17) is 34.8 Å². The number of alkyl halides is 3. The van der Waals surface area contributed by atoms with Crippen molar-refractivity contribution in [3.8, 4) is 29.4 Å². The smallest absolute Gasteiger partial charge is 0.406 e. The Morgan fingerprint density at radius 1 is 0.929 bits per heavy atom. The van der Waals surface area contributed by atoms with E-state index in [1.165, 1.54) is 9.47 Å². The molecule has 460 valence electrons. The molecule has 5 N–H and O–H groups in total. The first kappa shape index (κ1) is 68.9. The summed E-state index contributed by atoms with van der Waals surface area (Å²) in [5, 5.41) is 28.1. The maximum absolute atomic E-state index is 13.7. The highest BCUT2D eigenvalue weighted by molar-refractivity contribution is 7.97. The van der Waals surface area contributed by atoms with Gasteiger partial charge in [0.05, 0.1) is 82.3 Å². The molecule has 1 atom stereocenters. The Kier molecular flexibility index (Phi) is 28.3. The van der Waals surface area contributed by atoms with Gasteiger partial charge in [0.1, 0.15) is 35.0 Å². The van der Waals surface area contributed by atoms with Crippen LogP contribution < -0.4 is 25.6 Å². The fourth-order valence-electron chi connectivity index (χ4n) is 9.06. The molecule has 0 aliphatic carbocycles. The number of benzene rings is 3. The summed E-state index contributed by atoms with van der Waals surface area (Å²) in [6.45, 7) is 16.9. The molecule has 2 aliphatic heterocycles. The lowest BCUT2D eigenvalue weighted by Crippen LogP contribution is -2.42. The number of amidine groups is 2. The number of amides is 2. The number of likely N-dealkylation sites (N-methyl/N-ethyl adjacent to an activating group) is 1. The number of nitrogens with one attached hydrogen (secondary N) is 5. The average Bonchev–Trinajstić information content (AvgIpc) is 4.02. The van der Waals surface area contributed by atoms with Crippen LogP contribution in [0.15, 0.2) is 76.6 Å². The van der Waals surface area contributed by atoms with Gasteiger partial charge in [-0.05, 0) is 133 Å². The van der Waals surface area contributed by atoms with Crippen LogP contribution in [0.2, 0.25) is 0 Å². The van der Waals surface area contributed by atoms with Crippen LogP contribution in [0.1, 0.15) is 86.2 Å². The van der Waals surface area contributed by atoms with E-state index in [2.05, 4.69) is 55.9 Å². The van der Waals surface area contributed by atoms with Gasteiger partial charge in [0, 0.05) is 77.2 Å². The first-order valence-electron chi connectivity index (χ1n) is 28.6. The van der Waals surface area contributed by atoms with Crippen LogP contribution in [0.5, 0.6) is 5.75 Å². The molecule has 22 heteroatoms. The standard InChI is InChI=1S/C36H49F3N6O5S.C25H29N5OS.C2H6/c1-43-15-11-28(12-16-43)42-32-7-4-8-34-31(32)24-29(45(34)26-36(37,38)39)6-5-13-41-33-10-9-30(25-35(33)47-3)51-44(2)17-19-49-21-23-50-22-20-48-18-14-40-27-46;1-7-8-9-18-10-12-19(13-11-18)23-22-15(2)16(3)32-25(22)30(17(4)26)24(27)20(28-23)14-21(31)29(5)6;1-2/h4,7-10,24-25,27-28,41-42H,11-23,26H2,1-3H3,(H,40,46);10-13,20,26-27H,7,14H2,1-6H3;1-2H3. The number of aromatic nitrogens is 1. The van der Waals surface area contributed by atoms with E-state index < -0.39 is 18.8 Å². The van der Waals surface area contributed by atoms with Crippen molar-refractivity contribution in [2.75, 3.05) is 123 Å². The van der Waals surface area contributed by atoms with E-state index in [1.807, 2.05) is 90.2 Å². The zero-order valence-electron chi connectivity index (χ0n) is 51.0. The SMILES string of the molecule is CC.CCC#Cc1ccc(C2=NC(CC(=O)N(C)C)C(=N)N(C(C)=N)c3sc(C)c(C)c32)cc1.COc1cc(SN(C)CCOCCOCCOCCNC=O)ccc1NCC#Cc1cc2c(NC3CCN(C)CC3)cccc2n1CC(F)(F)F. The van der Waals surface area contributed by atoms with Crippen molar-refractivity contribution < 1.29 is 41.7 Å². The number of methoxy groups -OCH3 is 1. The molecule has 17 nitrogen and oxygen atoms in total. The molecule has 7 rings (SSSR count). The highest BCUT2D eigenvalue weighted by Crippen LogP contribution is 2.40. The number of aryl methyl sites for hydroxylation is 1. The van der Waals surface area contributed by atoms with Gasteiger partial charge >= 0.3 is 6.18 Å². The number of piperidine rings is 1. The lowest BCUT2D eigenvalue weighted by molar-refractivity contribution is -0.140. The van der Waals surface area contributed by atoms with Gasteiger partial charge in [-0.3, -0.25) is 30.3 Å². The Bertz CT molecular complexity index is 3150. The number of anilines is 3. The lowest BCUT2D eigenvalue weighted by atomic mass is 9.98. The number of likely N-dealkylation sites (tertiary alicyclic amines) is 1. The van der Waals surface area contributed by atoms with Crippen molar-refractivity contribution in [2.45, 2.75) is 96.9 Å². The zero-order chi connectivity index (χ0) is 62.1. The molecule has 2 amide bonds. The number of thiophene rings is 1. The molecule has 2 aromatic heterocycles. The zero-order valence-corrected chi connectivity index (χ0v) is 52.6. The molecule has 0 saturated carbocycles. The number of halogens is 3. The van der Waals surface area contributed by atoms with E-state index in [0.717, 1.165) is 91.9 Å². The summed E-state index contributed by atoms with van der Waals surface area (Å²) < 4.78 is 66.4. The largest absolute Gasteiger partial charge is 0.495 e. The fraction of sp³-hybridized carbons (Fsp3) is 0.476. The number of hydrogen-bond donors (Lipinski definition) is 5. The van der Waals surface area contributed by atoms with E-state index in [1.54, 1.807) is 74.5 Å². The molecule has 4 heterocycles. The molecule has 5 aromatic rings. The highest BCUT2D eigenvalue weighted by atomic mass is 32.2. The average molecular weight is 1210 g/mol. The van der Waals surface area contributed by atoms with E-state index >= 15 is 0 Å². The van der Waals surface area contributed by atoms with E-state index in [9.17, 15) is 22.8 Å². The van der Waals surface area contributed by atoms with Gasteiger partial charge in [-0.2, -0.15) is 13.2 Å². The quantitative estimate of drug-likeness (QED) is 0.00985. The molecule has 85 heavy (non-hydrogen) atoms. The lowest BCUT2D eigenvalue weighted by Gasteiger charge is -2.30. The van der Waals surface area contributed by atoms with Crippen LogP contribution in [0.3, 0.4) is 0 Å². The number of carbonyl (C=O) groups excluding carboxylic acids is 2. The van der Waals surface area contributed by atoms with Crippen LogP contribution in [0, 0.1) is 48.3 Å². The normalized spacial score (nSPS) is 14.2. The molecule has 1 fully saturated rings. The Morgan fingerprint density at radius 3 is 2.25 bits per heavy atom. The minimum Gasteiger partial charge on any atom is -0.495 e. The van der Waals surface area contributed by atoms with Crippen molar-refractivity contribution in [1.29, 1.82) is 10.8 Å². The third-order valence-corrected chi connectivity index (χ3v) is 15.7. The van der Waals surface area contributed by atoms with Gasteiger partial charge in [0.15, 0.2) is 0 Å². The Morgan fingerprint density at radius 2 is 1.61 bits per heavy atom. The summed E-state index contributed by atoms with van der Waals surface area (Å²) in [5.41, 5.74) is 6.98. The van der Waals surface area contributed by atoms with Crippen molar-refractivity contribution in [1.82, 2.24) is 24.0 Å². The van der Waals surface area contributed by atoms with Crippen LogP contribution in [0.25, 0.3) is 10.9 Å². The molecule has 0 spiro atoms. The third kappa shape index (κ3) is 20.9. The van der Waals surface area contributed by atoms with Gasteiger partial charge < -0.3 is 49.3 Å². The number of hydrogen-bond acceptors (Lipinski definition) is 15. The maximum atomic E-state index is 13.7. The second-order valence-electron chi connectivity index (χ2n) is 20.0. The summed E-state index contributed by atoms with van der Waals surface area (Å²) in [6, 6.07) is 20.5. The van der Waals surface area contributed by atoms with Gasteiger partial charge in [0.25, 0.3) is 0 Å². The number of rotatable bonds is 24. The molecule has 2 aliphatic rings. The van der Waals surface area contributed by atoms with Gasteiger partial charge in [-0.15, -0.1) is 11.3 Å². The van der Waals surface area contributed by atoms with Crippen molar-refractivity contribution in [3.05, 3.63) is 99.6 Å². The second-order valence-corrected chi connectivity index (χ2v) is 22.5. The van der Waals surface area contributed by atoms with Crippen molar-refractivity contribution >= 4 is 80.3 Å². The summed E-state index contributed by atoms with van der Waals surface area (Å²) in [5.74, 6) is 13.1. The molecule has 0 bridgehead atoms. The molecular weight excluding hydrogens is 1130 g/mol. The van der Waals surface area contributed by atoms with Crippen LogP contribution in [0.4, 0.5) is 29.5 Å². The number of carbonyl (C=O) groups is 2. The first-order valence-corrected chi connectivity index (χ1v) is 30.2. The van der Waals surface area contributed by atoms with Crippen LogP contribution >= 0.6 is 23.3 Å². The Hall–Kier alpha value is -6.89. The second kappa shape index (κ2) is 34.9. The van der Waals surface area contributed by atoms with Gasteiger partial charge in [-0.1, -0.05) is 56.7 Å². The molecule has 3 aromatic carbocycles. The topological polar surface area (TPSA) is 185 Å². The predicted octanol–water partition coefficient (Wildman–Crippen LogP) is 10.5. The van der Waals surface area contributed by atoms with Crippen LogP contribution in [-0.2, 0) is 30.3 Å². The molecule has 1 saturated heterocycles. The monoisotopic (exact) mass is 1210 g/mol. The van der Waals surface area contributed by atoms with Gasteiger partial charge in [0.2, 0.25) is 12.3 Å². The summed E-state index contributed by atoms with van der Waals surface area (Å²) in [4.78, 5) is 35.2. The first-order chi connectivity index (χ1) is 40.8. The maximum Gasteiger partial charge on any atom is 0.406 e. The fourth-order valence-corrected chi connectivity index (χ4v) is 11.1. The highest BCUT2D eigenvalue weighted by Gasteiger charge is 2.35. The van der Waals surface area contributed by atoms with E-state index in [-0.39, 0.29) is 36.6 Å². The predicted molar refractivity (Wildman–Crippen MR) is 341 cm³/mol. The third-order valence-electron chi connectivity index (χ3n) is 13.6. The summed E-state index contributed by atoms with van der Waals surface area (Å²) in [7, 11) is 9.06. The summed E-state index contributed by atoms with van der Waals surface area (Å²) >= 11 is 3.11. The minimum atomic E-state index is -4.39. The molecule has 1 unspecified atom stereocenters. The van der Waals surface area contributed by atoms with Crippen molar-refractivity contribution in [3.63, 3.8) is 0 Å². The Balaban J connectivity index is 0.000000333. The van der Waals surface area contributed by atoms with E-state index in [0.29, 0.717) is 76.1 Å².